The minimum absolute atomic E-state index is 0.0460. The lowest BCUT2D eigenvalue weighted by molar-refractivity contribution is -0.117. The summed E-state index contributed by atoms with van der Waals surface area (Å²) in [6.45, 7) is 7.13. The van der Waals surface area contributed by atoms with Crippen molar-refractivity contribution in [2.75, 3.05) is 38.0 Å². The molecule has 0 aromatic heterocycles. The number of anilines is 1. The van der Waals surface area contributed by atoms with Crippen molar-refractivity contribution in [3.8, 4) is 0 Å². The number of aryl methyl sites for hydroxylation is 1. The second kappa shape index (κ2) is 8.87. The van der Waals surface area contributed by atoms with E-state index in [1.165, 1.54) is 11.1 Å². The molecule has 6 heteroatoms. The van der Waals surface area contributed by atoms with Gasteiger partial charge >= 0.3 is 0 Å². The van der Waals surface area contributed by atoms with Crippen LogP contribution in [-0.4, -0.2) is 48.4 Å². The summed E-state index contributed by atoms with van der Waals surface area (Å²) in [4.78, 5) is 16.9. The van der Waals surface area contributed by atoms with Gasteiger partial charge in [0.05, 0.1) is 6.54 Å². The highest BCUT2D eigenvalue weighted by Gasteiger charge is 2.19. The fourth-order valence-corrected chi connectivity index (χ4v) is 3.61. The van der Waals surface area contributed by atoms with E-state index in [4.69, 9.17) is 23.2 Å². The molecule has 1 saturated heterocycles. The van der Waals surface area contributed by atoms with Crippen molar-refractivity contribution < 1.29 is 4.79 Å². The largest absolute Gasteiger partial charge is 0.325 e. The molecule has 0 bridgehead atoms. The average Bonchev–Trinajstić information content (AvgIpc) is 2.57. The second-order valence-corrected chi connectivity index (χ2v) is 7.62. The van der Waals surface area contributed by atoms with Gasteiger partial charge in [-0.25, -0.2) is 0 Å². The summed E-state index contributed by atoms with van der Waals surface area (Å²) in [7, 11) is 0. The van der Waals surface area contributed by atoms with E-state index in [9.17, 15) is 4.79 Å². The molecule has 1 aliphatic heterocycles. The standard InChI is InChI=1S/C20H23Cl2N3O/c1-15-2-4-16(5-3-15)13-24-6-8-25(9-7-24)14-20(26)23-19-11-17(21)10-18(22)12-19/h2-5,10-12H,6-9,13-14H2,1H3,(H,23,26). The fourth-order valence-electron chi connectivity index (χ4n) is 3.09. The minimum Gasteiger partial charge on any atom is -0.325 e. The number of benzene rings is 2. The Bertz CT molecular complexity index is 736. The number of hydrogen-bond donors (Lipinski definition) is 1. The Hall–Kier alpha value is -1.59. The van der Waals surface area contributed by atoms with Gasteiger partial charge in [-0.3, -0.25) is 14.6 Å². The van der Waals surface area contributed by atoms with Gasteiger partial charge in [0, 0.05) is 48.5 Å². The molecule has 4 nitrogen and oxygen atoms in total. The van der Waals surface area contributed by atoms with Crippen LogP contribution in [-0.2, 0) is 11.3 Å². The van der Waals surface area contributed by atoms with E-state index in [0.29, 0.717) is 22.3 Å². The molecule has 1 N–H and O–H groups in total. The molecule has 1 heterocycles. The highest BCUT2D eigenvalue weighted by atomic mass is 35.5. The molecule has 26 heavy (non-hydrogen) atoms. The summed E-state index contributed by atoms with van der Waals surface area (Å²) in [5.41, 5.74) is 3.25. The van der Waals surface area contributed by atoms with Crippen LogP contribution in [0.25, 0.3) is 0 Å². The Morgan fingerprint density at radius 1 is 0.962 bits per heavy atom. The van der Waals surface area contributed by atoms with Gasteiger partial charge in [0.1, 0.15) is 0 Å². The van der Waals surface area contributed by atoms with Crippen molar-refractivity contribution in [3.05, 3.63) is 63.6 Å². The van der Waals surface area contributed by atoms with Gasteiger partial charge in [-0.1, -0.05) is 53.0 Å². The maximum Gasteiger partial charge on any atom is 0.238 e. The number of halogens is 2. The molecular weight excluding hydrogens is 369 g/mol. The molecule has 0 aliphatic carbocycles. The van der Waals surface area contributed by atoms with Gasteiger partial charge in [0.15, 0.2) is 0 Å². The van der Waals surface area contributed by atoms with E-state index in [1.54, 1.807) is 18.2 Å². The predicted molar refractivity (Wildman–Crippen MR) is 108 cm³/mol. The number of amides is 1. The van der Waals surface area contributed by atoms with E-state index >= 15 is 0 Å². The van der Waals surface area contributed by atoms with Crippen LogP contribution in [0, 0.1) is 6.92 Å². The number of carbonyl (C=O) groups is 1. The first-order valence-electron chi connectivity index (χ1n) is 8.74. The fraction of sp³-hybridized carbons (Fsp3) is 0.350. The van der Waals surface area contributed by atoms with Crippen molar-refractivity contribution in [1.29, 1.82) is 0 Å². The Labute approximate surface area is 164 Å². The zero-order chi connectivity index (χ0) is 18.5. The third kappa shape index (κ3) is 5.71. The van der Waals surface area contributed by atoms with Gasteiger partial charge in [-0.2, -0.15) is 0 Å². The topological polar surface area (TPSA) is 35.6 Å². The monoisotopic (exact) mass is 391 g/mol. The molecule has 0 atom stereocenters. The molecule has 0 unspecified atom stereocenters. The van der Waals surface area contributed by atoms with Gasteiger partial charge in [-0.05, 0) is 30.7 Å². The van der Waals surface area contributed by atoms with E-state index in [2.05, 4.69) is 46.3 Å². The number of hydrogen-bond acceptors (Lipinski definition) is 3. The Morgan fingerprint density at radius 3 is 2.15 bits per heavy atom. The molecule has 0 radical (unpaired) electrons. The van der Waals surface area contributed by atoms with Gasteiger partial charge in [0.25, 0.3) is 0 Å². The van der Waals surface area contributed by atoms with Gasteiger partial charge in [0.2, 0.25) is 5.91 Å². The predicted octanol–water partition coefficient (Wildman–Crippen LogP) is 4.06. The van der Waals surface area contributed by atoms with Crippen LogP contribution >= 0.6 is 23.2 Å². The van der Waals surface area contributed by atoms with E-state index < -0.39 is 0 Å². The second-order valence-electron chi connectivity index (χ2n) is 6.74. The lowest BCUT2D eigenvalue weighted by Gasteiger charge is -2.34. The van der Waals surface area contributed by atoms with Crippen molar-refractivity contribution in [2.45, 2.75) is 13.5 Å². The van der Waals surface area contributed by atoms with Crippen LogP contribution < -0.4 is 5.32 Å². The number of carbonyl (C=O) groups excluding carboxylic acids is 1. The summed E-state index contributed by atoms with van der Waals surface area (Å²) in [5, 5.41) is 3.89. The third-order valence-electron chi connectivity index (χ3n) is 4.51. The number of nitrogens with zero attached hydrogens (tertiary/aromatic N) is 2. The Balaban J connectivity index is 1.44. The first-order valence-corrected chi connectivity index (χ1v) is 9.50. The van der Waals surface area contributed by atoms with Gasteiger partial charge < -0.3 is 5.32 Å². The molecule has 1 aliphatic rings. The summed E-state index contributed by atoms with van der Waals surface area (Å²) >= 11 is 11.9. The van der Waals surface area contributed by atoms with Crippen LogP contribution in [0.1, 0.15) is 11.1 Å². The van der Waals surface area contributed by atoms with Crippen LogP contribution in [0.3, 0.4) is 0 Å². The third-order valence-corrected chi connectivity index (χ3v) is 4.94. The highest BCUT2D eigenvalue weighted by molar-refractivity contribution is 6.35. The maximum absolute atomic E-state index is 12.3. The first-order chi connectivity index (χ1) is 12.5. The Morgan fingerprint density at radius 2 is 1.54 bits per heavy atom. The van der Waals surface area contributed by atoms with Crippen LogP contribution in [0.5, 0.6) is 0 Å². The summed E-state index contributed by atoms with van der Waals surface area (Å²) in [5.74, 6) is -0.0460. The molecule has 0 saturated carbocycles. The molecule has 138 valence electrons. The van der Waals surface area contributed by atoms with Crippen molar-refractivity contribution >= 4 is 34.8 Å². The highest BCUT2D eigenvalue weighted by Crippen LogP contribution is 2.22. The number of nitrogens with one attached hydrogen (secondary N) is 1. The molecule has 3 rings (SSSR count). The number of rotatable bonds is 5. The molecule has 1 fully saturated rings. The van der Waals surface area contributed by atoms with Crippen molar-refractivity contribution in [2.24, 2.45) is 0 Å². The van der Waals surface area contributed by atoms with Crippen LogP contribution in [0.15, 0.2) is 42.5 Å². The van der Waals surface area contributed by atoms with Crippen molar-refractivity contribution in [3.63, 3.8) is 0 Å². The normalized spacial score (nSPS) is 15.8. The summed E-state index contributed by atoms with van der Waals surface area (Å²) < 4.78 is 0. The molecule has 2 aromatic rings. The zero-order valence-corrected chi connectivity index (χ0v) is 16.4. The SMILES string of the molecule is Cc1ccc(CN2CCN(CC(=O)Nc3cc(Cl)cc(Cl)c3)CC2)cc1. The first kappa shape index (κ1) is 19.2. The Kier molecular flexibility index (Phi) is 6.54. The quantitative estimate of drug-likeness (QED) is 0.834. The molecule has 0 spiro atoms. The summed E-state index contributed by atoms with van der Waals surface area (Å²) in [6.07, 6.45) is 0. The number of piperazine rings is 1. The lowest BCUT2D eigenvalue weighted by Crippen LogP contribution is -2.48. The molecular formula is C20H23Cl2N3O. The lowest BCUT2D eigenvalue weighted by atomic mass is 10.1. The van der Waals surface area contributed by atoms with E-state index in [-0.39, 0.29) is 5.91 Å². The zero-order valence-electron chi connectivity index (χ0n) is 14.8. The average molecular weight is 392 g/mol. The molecule has 2 aromatic carbocycles. The van der Waals surface area contributed by atoms with E-state index in [1.807, 2.05) is 0 Å². The smallest absolute Gasteiger partial charge is 0.238 e. The van der Waals surface area contributed by atoms with Crippen LogP contribution in [0.2, 0.25) is 10.0 Å². The van der Waals surface area contributed by atoms with Gasteiger partial charge in [-0.15, -0.1) is 0 Å². The van der Waals surface area contributed by atoms with Crippen molar-refractivity contribution in [1.82, 2.24) is 9.80 Å². The minimum atomic E-state index is -0.0460. The molecule has 1 amide bonds. The van der Waals surface area contributed by atoms with E-state index in [0.717, 1.165) is 32.7 Å². The maximum atomic E-state index is 12.3. The van der Waals surface area contributed by atoms with Crippen LogP contribution in [0.4, 0.5) is 5.69 Å². The summed E-state index contributed by atoms with van der Waals surface area (Å²) in [6, 6.07) is 13.7.